The van der Waals surface area contributed by atoms with E-state index in [0.29, 0.717) is 5.69 Å². The molecular formula is C16H21N3O2S. The topological polar surface area (TPSA) is 54.3 Å². The second-order valence-corrected chi connectivity index (χ2v) is 6.52. The minimum Gasteiger partial charge on any atom is -0.342 e. The maximum absolute atomic E-state index is 12.4. The van der Waals surface area contributed by atoms with Crippen molar-refractivity contribution < 1.29 is 9.59 Å². The number of rotatable bonds is 4. The lowest BCUT2D eigenvalue weighted by molar-refractivity contribution is -0.130. The van der Waals surface area contributed by atoms with Gasteiger partial charge in [-0.1, -0.05) is 0 Å². The van der Waals surface area contributed by atoms with E-state index in [1.807, 2.05) is 33.9 Å². The molecule has 0 unspecified atom stereocenters. The molecule has 1 aliphatic heterocycles. The Balaban J connectivity index is 1.65. The highest BCUT2D eigenvalue weighted by molar-refractivity contribution is 7.17. The molecule has 2 aromatic heterocycles. The second kappa shape index (κ2) is 6.52. The van der Waals surface area contributed by atoms with Crippen LogP contribution in [0.3, 0.4) is 0 Å². The lowest BCUT2D eigenvalue weighted by atomic mass is 10.1. The number of nitrogens with one attached hydrogen (secondary N) is 1. The summed E-state index contributed by atoms with van der Waals surface area (Å²) in [6.45, 7) is 4.47. The van der Waals surface area contributed by atoms with Gasteiger partial charge in [-0.25, -0.2) is 0 Å². The van der Waals surface area contributed by atoms with Crippen LogP contribution < -0.4 is 5.32 Å². The fourth-order valence-corrected chi connectivity index (χ4v) is 3.83. The Morgan fingerprint density at radius 2 is 2.05 bits per heavy atom. The molecule has 0 aliphatic carbocycles. The monoisotopic (exact) mass is 319 g/mol. The van der Waals surface area contributed by atoms with Crippen LogP contribution in [0.25, 0.3) is 10.2 Å². The van der Waals surface area contributed by atoms with Crippen LogP contribution >= 0.6 is 11.3 Å². The number of thiophene rings is 1. The zero-order valence-corrected chi connectivity index (χ0v) is 13.6. The quantitative estimate of drug-likeness (QED) is 0.941. The number of fused-ring (bicyclic) bond motifs is 1. The fraction of sp³-hybridized carbons (Fsp3) is 0.500. The van der Waals surface area contributed by atoms with E-state index in [2.05, 4.69) is 5.32 Å². The van der Waals surface area contributed by atoms with Gasteiger partial charge in [-0.2, -0.15) is 0 Å². The average molecular weight is 319 g/mol. The van der Waals surface area contributed by atoms with Crippen LogP contribution in [0.15, 0.2) is 17.5 Å². The molecule has 1 fully saturated rings. The summed E-state index contributed by atoms with van der Waals surface area (Å²) in [7, 11) is 0. The lowest BCUT2D eigenvalue weighted by Gasteiger charge is -2.26. The molecule has 1 N–H and O–H groups in total. The van der Waals surface area contributed by atoms with Crippen LogP contribution in [0.4, 0.5) is 0 Å². The Bertz CT molecular complexity index is 683. The number of hydrogen-bond acceptors (Lipinski definition) is 3. The molecule has 0 atom stereocenters. The molecule has 0 spiro atoms. The Kier molecular flexibility index (Phi) is 4.47. The zero-order valence-electron chi connectivity index (χ0n) is 12.8. The van der Waals surface area contributed by atoms with Crippen LogP contribution in [0.1, 0.15) is 36.7 Å². The minimum atomic E-state index is -0.171. The first-order chi connectivity index (χ1) is 10.7. The third-order valence-electron chi connectivity index (χ3n) is 4.18. The van der Waals surface area contributed by atoms with Gasteiger partial charge < -0.3 is 14.8 Å². The SMILES string of the molecule is CCn1c(C(=O)NCC(=O)N2CCCCC2)cc2sccc21. The Morgan fingerprint density at radius 3 is 2.77 bits per heavy atom. The van der Waals surface area contributed by atoms with E-state index in [1.165, 1.54) is 6.42 Å². The average Bonchev–Trinajstić information content (AvgIpc) is 3.13. The Labute approximate surface area is 133 Å². The van der Waals surface area contributed by atoms with Gasteiger partial charge >= 0.3 is 0 Å². The van der Waals surface area contributed by atoms with Gasteiger partial charge in [0.05, 0.1) is 16.8 Å². The first-order valence-corrected chi connectivity index (χ1v) is 8.71. The van der Waals surface area contributed by atoms with E-state index >= 15 is 0 Å². The summed E-state index contributed by atoms with van der Waals surface area (Å²) < 4.78 is 3.10. The van der Waals surface area contributed by atoms with Gasteiger partial charge in [-0.05, 0) is 43.7 Å². The van der Waals surface area contributed by atoms with E-state index in [9.17, 15) is 9.59 Å². The smallest absolute Gasteiger partial charge is 0.268 e. The van der Waals surface area contributed by atoms with E-state index in [0.717, 1.165) is 42.7 Å². The highest BCUT2D eigenvalue weighted by Crippen LogP contribution is 2.25. The number of nitrogens with zero attached hydrogens (tertiary/aromatic N) is 2. The number of likely N-dealkylation sites (tertiary alicyclic amines) is 1. The molecule has 3 rings (SSSR count). The summed E-state index contributed by atoms with van der Waals surface area (Å²) in [5, 5.41) is 4.80. The molecule has 0 saturated carbocycles. The second-order valence-electron chi connectivity index (χ2n) is 5.57. The molecule has 1 saturated heterocycles. The number of aryl methyl sites for hydroxylation is 1. The number of aromatic nitrogens is 1. The van der Waals surface area contributed by atoms with E-state index in [4.69, 9.17) is 0 Å². The number of piperidine rings is 1. The van der Waals surface area contributed by atoms with Crippen molar-refractivity contribution in [2.75, 3.05) is 19.6 Å². The summed E-state index contributed by atoms with van der Waals surface area (Å²) >= 11 is 1.63. The third-order valence-corrected chi connectivity index (χ3v) is 5.03. The van der Waals surface area contributed by atoms with Crippen LogP contribution in [0.2, 0.25) is 0 Å². The van der Waals surface area contributed by atoms with Gasteiger partial charge in [0.25, 0.3) is 5.91 Å². The molecule has 6 heteroatoms. The Hall–Kier alpha value is -1.82. The third kappa shape index (κ3) is 2.88. The number of carbonyl (C=O) groups is 2. The lowest BCUT2D eigenvalue weighted by Crippen LogP contribution is -2.42. The normalized spacial score (nSPS) is 15.2. The van der Waals surface area contributed by atoms with Crippen molar-refractivity contribution in [2.24, 2.45) is 0 Å². The van der Waals surface area contributed by atoms with Crippen molar-refractivity contribution in [3.63, 3.8) is 0 Å². The molecule has 5 nitrogen and oxygen atoms in total. The van der Waals surface area contributed by atoms with Crippen molar-refractivity contribution in [3.8, 4) is 0 Å². The van der Waals surface area contributed by atoms with Gasteiger partial charge in [0, 0.05) is 19.6 Å². The first-order valence-electron chi connectivity index (χ1n) is 7.83. The first kappa shape index (κ1) is 15.1. The van der Waals surface area contributed by atoms with Gasteiger partial charge in [-0.3, -0.25) is 9.59 Å². The highest BCUT2D eigenvalue weighted by atomic mass is 32.1. The molecule has 1 aliphatic rings. The number of amides is 2. The van der Waals surface area contributed by atoms with Crippen molar-refractivity contribution in [3.05, 3.63) is 23.2 Å². The fourth-order valence-electron chi connectivity index (χ4n) is 3.01. The minimum absolute atomic E-state index is 0.0180. The van der Waals surface area contributed by atoms with Gasteiger partial charge in [-0.15, -0.1) is 11.3 Å². The van der Waals surface area contributed by atoms with Gasteiger partial charge in [0.2, 0.25) is 5.91 Å². The summed E-state index contributed by atoms with van der Waals surface area (Å²) in [6, 6.07) is 3.93. The van der Waals surface area contributed by atoms with Crippen molar-refractivity contribution in [1.82, 2.24) is 14.8 Å². The van der Waals surface area contributed by atoms with Crippen molar-refractivity contribution in [1.29, 1.82) is 0 Å². The summed E-state index contributed by atoms with van der Waals surface area (Å²) in [4.78, 5) is 26.3. The molecule has 3 heterocycles. The molecule has 118 valence electrons. The van der Waals surface area contributed by atoms with Gasteiger partial charge in [0.15, 0.2) is 0 Å². The van der Waals surface area contributed by atoms with Crippen LogP contribution in [0.5, 0.6) is 0 Å². The molecule has 0 aromatic carbocycles. The number of hydrogen-bond donors (Lipinski definition) is 1. The maximum atomic E-state index is 12.4. The van der Waals surface area contributed by atoms with Crippen LogP contribution in [-0.4, -0.2) is 40.9 Å². The predicted molar refractivity (Wildman–Crippen MR) is 88.3 cm³/mol. The molecule has 0 bridgehead atoms. The predicted octanol–water partition coefficient (Wildman–Crippen LogP) is 2.46. The number of carbonyl (C=O) groups excluding carboxylic acids is 2. The van der Waals surface area contributed by atoms with E-state index in [1.54, 1.807) is 11.3 Å². The summed E-state index contributed by atoms with van der Waals surface area (Å²) in [5.41, 5.74) is 1.72. The molecule has 22 heavy (non-hydrogen) atoms. The van der Waals surface area contributed by atoms with E-state index in [-0.39, 0.29) is 18.4 Å². The van der Waals surface area contributed by atoms with Gasteiger partial charge in [0.1, 0.15) is 5.69 Å². The van der Waals surface area contributed by atoms with Crippen LogP contribution in [-0.2, 0) is 11.3 Å². The Morgan fingerprint density at radius 1 is 1.27 bits per heavy atom. The molecule has 0 radical (unpaired) electrons. The van der Waals surface area contributed by atoms with Crippen molar-refractivity contribution >= 4 is 33.4 Å². The van der Waals surface area contributed by atoms with E-state index < -0.39 is 0 Å². The standard InChI is InChI=1S/C16H21N3O2S/c1-2-19-12-6-9-22-14(12)10-13(19)16(21)17-11-15(20)18-7-4-3-5-8-18/h6,9-10H,2-5,7-8,11H2,1H3,(H,17,21). The molecule has 2 amide bonds. The van der Waals surface area contributed by atoms with Crippen molar-refractivity contribution in [2.45, 2.75) is 32.7 Å². The zero-order chi connectivity index (χ0) is 15.5. The molecular weight excluding hydrogens is 298 g/mol. The summed E-state index contributed by atoms with van der Waals surface area (Å²) in [6.07, 6.45) is 3.32. The maximum Gasteiger partial charge on any atom is 0.268 e. The molecule has 2 aromatic rings. The summed E-state index contributed by atoms with van der Waals surface area (Å²) in [5.74, 6) is -0.153. The largest absolute Gasteiger partial charge is 0.342 e. The highest BCUT2D eigenvalue weighted by Gasteiger charge is 2.19. The van der Waals surface area contributed by atoms with Crippen LogP contribution in [0, 0.1) is 0 Å².